The van der Waals surface area contributed by atoms with Gasteiger partial charge < -0.3 is 14.9 Å². The molecule has 0 radical (unpaired) electrons. The largest absolute Gasteiger partial charge is 0.489 e. The molecule has 0 aliphatic carbocycles. The number of aliphatic hydroxyl groups is 2. The van der Waals surface area contributed by atoms with E-state index in [4.69, 9.17) is 4.74 Å². The number of halogens is 5. The molecule has 28 heavy (non-hydrogen) atoms. The van der Waals surface area contributed by atoms with Crippen LogP contribution in [0.5, 0.6) is 5.75 Å². The van der Waals surface area contributed by atoms with Crippen molar-refractivity contribution >= 4 is 0 Å². The van der Waals surface area contributed by atoms with Crippen molar-refractivity contribution in [1.82, 2.24) is 4.98 Å². The topological polar surface area (TPSA) is 86.4 Å². The molecule has 1 aromatic heterocycles. The summed E-state index contributed by atoms with van der Waals surface area (Å²) in [6, 6.07) is 6.87. The molecule has 1 aliphatic rings. The predicted octanol–water partition coefficient (Wildman–Crippen LogP) is 2.75. The number of alkyl halides is 4. The van der Waals surface area contributed by atoms with Crippen LogP contribution in [0.15, 0.2) is 30.3 Å². The summed E-state index contributed by atoms with van der Waals surface area (Å²) in [5.41, 5.74) is -7.04. The Labute approximate surface area is 155 Å². The Hall–Kier alpha value is -2.77. The van der Waals surface area contributed by atoms with Gasteiger partial charge in [0.25, 0.3) is 0 Å². The van der Waals surface area contributed by atoms with Gasteiger partial charge in [-0.05, 0) is 30.3 Å². The molecule has 10 heteroatoms. The van der Waals surface area contributed by atoms with Crippen molar-refractivity contribution in [3.05, 3.63) is 47.4 Å². The van der Waals surface area contributed by atoms with Gasteiger partial charge in [-0.2, -0.15) is 18.4 Å². The second-order valence-corrected chi connectivity index (χ2v) is 6.37. The molecular formula is C18H13F5N2O3. The average molecular weight is 400 g/mol. The summed E-state index contributed by atoms with van der Waals surface area (Å²) in [6.07, 6.45) is -5.31. The standard InChI is InChI=1S/C18H13F5N2O3/c19-6-16(7-24)9-28-15-12(16)5-13(17(27,8-26)18(21,22)23)25-14(15)10-1-3-11(20)4-2-10/h1-5,26-27H,6,8-9H2/t16?,17-/m0/s1. The van der Waals surface area contributed by atoms with Crippen LogP contribution in [0.1, 0.15) is 11.3 Å². The maximum absolute atomic E-state index is 13.7. The summed E-state index contributed by atoms with van der Waals surface area (Å²) in [5, 5.41) is 28.7. The summed E-state index contributed by atoms with van der Waals surface area (Å²) in [4.78, 5) is 3.78. The number of benzene rings is 1. The molecule has 2 atom stereocenters. The van der Waals surface area contributed by atoms with E-state index in [0.717, 1.165) is 12.1 Å². The number of rotatable bonds is 4. The van der Waals surface area contributed by atoms with Crippen LogP contribution in [0, 0.1) is 17.1 Å². The van der Waals surface area contributed by atoms with Crippen LogP contribution >= 0.6 is 0 Å². The lowest BCUT2D eigenvalue weighted by molar-refractivity contribution is -0.279. The molecule has 0 spiro atoms. The summed E-state index contributed by atoms with van der Waals surface area (Å²) in [7, 11) is 0. The second-order valence-electron chi connectivity index (χ2n) is 6.37. The Kier molecular flexibility index (Phi) is 4.77. The monoisotopic (exact) mass is 400 g/mol. The minimum absolute atomic E-state index is 0.120. The summed E-state index contributed by atoms with van der Waals surface area (Å²) < 4.78 is 72.5. The third kappa shape index (κ3) is 2.87. The fourth-order valence-corrected chi connectivity index (χ4v) is 2.87. The molecule has 1 aliphatic heterocycles. The van der Waals surface area contributed by atoms with Gasteiger partial charge in [0, 0.05) is 11.1 Å². The SMILES string of the molecule is N#CC1(CF)COc2c1cc([C@@](O)(CO)C(F)(F)F)nc2-c1ccc(F)cc1. The van der Waals surface area contributed by atoms with E-state index in [0.29, 0.717) is 6.07 Å². The number of nitriles is 1. The first kappa shape index (κ1) is 20.0. The van der Waals surface area contributed by atoms with Gasteiger partial charge in [0.2, 0.25) is 5.60 Å². The highest BCUT2D eigenvalue weighted by Crippen LogP contribution is 2.47. The number of hydrogen-bond donors (Lipinski definition) is 2. The zero-order valence-corrected chi connectivity index (χ0v) is 14.1. The fourth-order valence-electron chi connectivity index (χ4n) is 2.87. The van der Waals surface area contributed by atoms with Crippen LogP contribution in [0.2, 0.25) is 0 Å². The lowest BCUT2D eigenvalue weighted by Crippen LogP contribution is -2.46. The minimum atomic E-state index is -5.31. The van der Waals surface area contributed by atoms with Crippen LogP contribution < -0.4 is 4.74 Å². The summed E-state index contributed by atoms with van der Waals surface area (Å²) in [6.45, 7) is -3.48. The molecule has 1 aromatic carbocycles. The molecule has 2 heterocycles. The van der Waals surface area contributed by atoms with Crippen molar-refractivity contribution < 1.29 is 36.9 Å². The van der Waals surface area contributed by atoms with Gasteiger partial charge in [-0.25, -0.2) is 13.8 Å². The molecule has 0 saturated carbocycles. The van der Waals surface area contributed by atoms with Crippen LogP contribution in [0.25, 0.3) is 11.3 Å². The smallest absolute Gasteiger partial charge is 0.425 e. The molecule has 1 unspecified atom stereocenters. The number of fused-ring (bicyclic) bond motifs is 1. The van der Waals surface area contributed by atoms with Crippen molar-refractivity contribution in [2.45, 2.75) is 17.2 Å². The average Bonchev–Trinajstić information content (AvgIpc) is 3.05. The lowest BCUT2D eigenvalue weighted by atomic mass is 9.83. The number of aliphatic hydroxyl groups excluding tert-OH is 1. The van der Waals surface area contributed by atoms with Gasteiger partial charge in [0.05, 0.1) is 18.4 Å². The maximum atomic E-state index is 13.7. The third-order valence-corrected chi connectivity index (χ3v) is 4.63. The zero-order valence-electron chi connectivity index (χ0n) is 14.1. The summed E-state index contributed by atoms with van der Waals surface area (Å²) >= 11 is 0. The molecule has 0 saturated heterocycles. The number of nitrogens with zero attached hydrogens (tertiary/aromatic N) is 2. The highest BCUT2D eigenvalue weighted by Gasteiger charge is 2.57. The Balaban J connectivity index is 2.34. The molecule has 148 valence electrons. The molecule has 3 rings (SSSR count). The van der Waals surface area contributed by atoms with Crippen LogP contribution in [0.4, 0.5) is 22.0 Å². The fraction of sp³-hybridized carbons (Fsp3) is 0.333. The molecule has 2 N–H and O–H groups in total. The molecule has 5 nitrogen and oxygen atoms in total. The molecule has 0 fully saturated rings. The Morgan fingerprint density at radius 1 is 1.25 bits per heavy atom. The highest BCUT2D eigenvalue weighted by molar-refractivity contribution is 5.71. The first-order valence-electron chi connectivity index (χ1n) is 7.94. The second kappa shape index (κ2) is 6.68. The third-order valence-electron chi connectivity index (χ3n) is 4.63. The maximum Gasteiger partial charge on any atom is 0.425 e. The minimum Gasteiger partial charge on any atom is -0.489 e. The van der Waals surface area contributed by atoms with E-state index in [1.54, 1.807) is 6.07 Å². The normalized spacial score (nSPS) is 20.8. The highest BCUT2D eigenvalue weighted by atomic mass is 19.4. The van der Waals surface area contributed by atoms with E-state index in [-0.39, 0.29) is 22.6 Å². The van der Waals surface area contributed by atoms with Gasteiger partial charge in [0.15, 0.2) is 5.75 Å². The van der Waals surface area contributed by atoms with Crippen LogP contribution in [-0.2, 0) is 11.0 Å². The van der Waals surface area contributed by atoms with Crippen molar-refractivity contribution in [3.8, 4) is 23.1 Å². The zero-order chi connectivity index (χ0) is 20.7. The lowest BCUT2D eigenvalue weighted by Gasteiger charge is -2.29. The van der Waals surface area contributed by atoms with Gasteiger partial charge in [-0.3, -0.25) is 0 Å². The Bertz CT molecular complexity index is 942. The van der Waals surface area contributed by atoms with E-state index >= 15 is 0 Å². The van der Waals surface area contributed by atoms with Crippen LogP contribution in [0.3, 0.4) is 0 Å². The van der Waals surface area contributed by atoms with Gasteiger partial charge in [-0.1, -0.05) is 0 Å². The van der Waals surface area contributed by atoms with E-state index in [9.17, 15) is 37.4 Å². The van der Waals surface area contributed by atoms with Gasteiger partial charge in [-0.15, -0.1) is 0 Å². The van der Waals surface area contributed by atoms with Crippen LogP contribution in [-0.4, -0.2) is 41.3 Å². The van der Waals surface area contributed by atoms with Crippen molar-refractivity contribution in [1.29, 1.82) is 5.26 Å². The Morgan fingerprint density at radius 3 is 2.39 bits per heavy atom. The number of aromatic nitrogens is 1. The van der Waals surface area contributed by atoms with Gasteiger partial charge in [0.1, 0.15) is 30.2 Å². The van der Waals surface area contributed by atoms with E-state index in [2.05, 4.69) is 4.98 Å². The molecule has 0 bridgehead atoms. The first-order chi connectivity index (χ1) is 13.1. The molecule has 0 amide bonds. The number of hydrogen-bond acceptors (Lipinski definition) is 5. The predicted molar refractivity (Wildman–Crippen MR) is 85.4 cm³/mol. The first-order valence-corrected chi connectivity index (χ1v) is 7.94. The van der Waals surface area contributed by atoms with Crippen molar-refractivity contribution in [2.24, 2.45) is 0 Å². The molecule has 2 aromatic rings. The van der Waals surface area contributed by atoms with Crippen molar-refractivity contribution in [2.75, 3.05) is 19.9 Å². The van der Waals surface area contributed by atoms with Crippen molar-refractivity contribution in [3.63, 3.8) is 0 Å². The molecular weight excluding hydrogens is 387 g/mol. The summed E-state index contributed by atoms with van der Waals surface area (Å²) in [5.74, 6) is -0.758. The van der Waals surface area contributed by atoms with E-state index in [1.807, 2.05) is 0 Å². The Morgan fingerprint density at radius 2 is 1.89 bits per heavy atom. The number of ether oxygens (including phenoxy) is 1. The van der Waals surface area contributed by atoms with E-state index < -0.39 is 48.6 Å². The van der Waals surface area contributed by atoms with Gasteiger partial charge >= 0.3 is 6.18 Å². The van der Waals surface area contributed by atoms with E-state index in [1.165, 1.54) is 12.1 Å². The number of pyridine rings is 1. The quantitative estimate of drug-likeness (QED) is 0.771.